The monoisotopic (exact) mass is 380 g/mol. The number of amides is 1. The van der Waals surface area contributed by atoms with Crippen LogP contribution in [0.15, 0.2) is 48.5 Å². The lowest BCUT2D eigenvalue weighted by Crippen LogP contribution is -2.47. The number of benzene rings is 2. The van der Waals surface area contributed by atoms with E-state index in [-0.39, 0.29) is 11.9 Å². The Morgan fingerprint density at radius 2 is 1.79 bits per heavy atom. The van der Waals surface area contributed by atoms with Gasteiger partial charge in [-0.25, -0.2) is 0 Å². The van der Waals surface area contributed by atoms with Crippen molar-refractivity contribution in [3.05, 3.63) is 65.2 Å². The van der Waals surface area contributed by atoms with Crippen LogP contribution in [0.1, 0.15) is 49.0 Å². The molecular formula is C23H28N2O3. The maximum Gasteiger partial charge on any atom is 0.224 e. The van der Waals surface area contributed by atoms with Crippen LogP contribution in [0.4, 0.5) is 5.69 Å². The van der Waals surface area contributed by atoms with Gasteiger partial charge in [0.25, 0.3) is 0 Å². The zero-order valence-corrected chi connectivity index (χ0v) is 16.3. The highest BCUT2D eigenvalue weighted by Crippen LogP contribution is 2.35. The Kier molecular flexibility index (Phi) is 5.23. The second-order valence-corrected chi connectivity index (χ2v) is 8.08. The van der Waals surface area contributed by atoms with Crippen molar-refractivity contribution in [3.8, 4) is 0 Å². The van der Waals surface area contributed by atoms with Crippen LogP contribution in [0.2, 0.25) is 0 Å². The minimum absolute atomic E-state index is 0.0449. The van der Waals surface area contributed by atoms with Gasteiger partial charge < -0.3 is 15.5 Å². The van der Waals surface area contributed by atoms with Gasteiger partial charge in [0.1, 0.15) is 0 Å². The molecule has 1 saturated heterocycles. The highest BCUT2D eigenvalue weighted by Gasteiger charge is 2.36. The number of likely N-dealkylation sites (tertiary alicyclic amines) is 1. The molecule has 1 amide bonds. The lowest BCUT2D eigenvalue weighted by molar-refractivity contribution is -0.116. The van der Waals surface area contributed by atoms with E-state index in [1.165, 1.54) is 0 Å². The largest absolute Gasteiger partial charge is 0.387 e. The maximum absolute atomic E-state index is 11.5. The highest BCUT2D eigenvalue weighted by atomic mass is 16.3. The van der Waals surface area contributed by atoms with Crippen LogP contribution in [-0.4, -0.2) is 40.2 Å². The molecule has 0 unspecified atom stereocenters. The number of aliphatic hydroxyl groups is 2. The SMILES string of the molecule is C[C@H]([C@H](O)c1ccc2c(c1)CCC(=O)N2)N1CCC(O)(c2ccccc2)CC1. The molecular weight excluding hydrogens is 352 g/mol. The molecule has 3 N–H and O–H groups in total. The fourth-order valence-electron chi connectivity index (χ4n) is 4.40. The van der Waals surface area contributed by atoms with Crippen LogP contribution in [0.25, 0.3) is 0 Å². The summed E-state index contributed by atoms with van der Waals surface area (Å²) < 4.78 is 0. The number of anilines is 1. The number of carbonyl (C=O) groups excluding carboxylic acids is 1. The molecule has 0 spiro atoms. The van der Waals surface area contributed by atoms with Crippen molar-refractivity contribution >= 4 is 11.6 Å². The first-order valence-electron chi connectivity index (χ1n) is 10.1. The van der Waals surface area contributed by atoms with E-state index >= 15 is 0 Å². The number of piperidine rings is 1. The predicted octanol–water partition coefficient (Wildman–Crippen LogP) is 2.98. The smallest absolute Gasteiger partial charge is 0.224 e. The van der Waals surface area contributed by atoms with Gasteiger partial charge in [-0.2, -0.15) is 0 Å². The standard InChI is InChI=1S/C23H28N2O3/c1-16(22(27)18-7-9-20-17(15-18)8-10-21(26)24-20)25-13-11-23(28,12-14-25)19-5-3-2-4-6-19/h2-7,9,15-16,22,27-28H,8,10-14H2,1H3,(H,24,26)/t16-,22+/m1/s1. The van der Waals surface area contributed by atoms with Gasteiger partial charge in [-0.1, -0.05) is 42.5 Å². The number of carbonyl (C=O) groups is 1. The number of aliphatic hydroxyl groups excluding tert-OH is 1. The molecule has 2 aromatic carbocycles. The zero-order chi connectivity index (χ0) is 19.7. The van der Waals surface area contributed by atoms with Crippen LogP contribution < -0.4 is 5.32 Å². The summed E-state index contributed by atoms with van der Waals surface area (Å²) in [4.78, 5) is 13.8. The summed E-state index contributed by atoms with van der Waals surface area (Å²) in [6.07, 6.45) is 1.91. The molecule has 2 aromatic rings. The first-order valence-corrected chi connectivity index (χ1v) is 10.1. The third-order valence-corrected chi connectivity index (χ3v) is 6.34. The maximum atomic E-state index is 11.5. The summed E-state index contributed by atoms with van der Waals surface area (Å²) >= 11 is 0. The lowest BCUT2D eigenvalue weighted by atomic mass is 9.83. The van der Waals surface area contributed by atoms with E-state index in [1.807, 2.05) is 55.5 Å². The van der Waals surface area contributed by atoms with Gasteiger partial charge >= 0.3 is 0 Å². The Balaban J connectivity index is 1.43. The molecule has 2 aliphatic rings. The molecule has 0 bridgehead atoms. The number of hydrogen-bond donors (Lipinski definition) is 3. The quantitative estimate of drug-likeness (QED) is 0.763. The van der Waals surface area contributed by atoms with Crippen molar-refractivity contribution < 1.29 is 15.0 Å². The summed E-state index contributed by atoms with van der Waals surface area (Å²) in [7, 11) is 0. The summed E-state index contributed by atoms with van der Waals surface area (Å²) in [5.41, 5.74) is 3.00. The topological polar surface area (TPSA) is 72.8 Å². The molecule has 5 heteroatoms. The van der Waals surface area contributed by atoms with Crippen LogP contribution in [0.3, 0.4) is 0 Å². The fraction of sp³-hybridized carbons (Fsp3) is 0.435. The van der Waals surface area contributed by atoms with E-state index in [4.69, 9.17) is 0 Å². The van der Waals surface area contributed by atoms with Crippen LogP contribution in [-0.2, 0) is 16.8 Å². The molecule has 148 valence electrons. The number of rotatable bonds is 4. The number of aryl methyl sites for hydroxylation is 1. The summed E-state index contributed by atoms with van der Waals surface area (Å²) in [5.74, 6) is 0.0494. The summed E-state index contributed by atoms with van der Waals surface area (Å²) in [6, 6.07) is 15.6. The Labute approximate surface area is 166 Å². The molecule has 0 saturated carbocycles. The number of fused-ring (bicyclic) bond motifs is 1. The summed E-state index contributed by atoms with van der Waals surface area (Å²) in [5, 5.41) is 24.9. The van der Waals surface area contributed by atoms with Crippen molar-refractivity contribution in [2.75, 3.05) is 18.4 Å². The second-order valence-electron chi connectivity index (χ2n) is 8.08. The van der Waals surface area contributed by atoms with Crippen LogP contribution >= 0.6 is 0 Å². The molecule has 1 fully saturated rings. The van der Waals surface area contributed by atoms with E-state index in [0.29, 0.717) is 25.7 Å². The Morgan fingerprint density at radius 3 is 2.50 bits per heavy atom. The van der Waals surface area contributed by atoms with Crippen molar-refractivity contribution in [2.45, 2.75) is 50.4 Å². The minimum Gasteiger partial charge on any atom is -0.387 e. The Hall–Kier alpha value is -2.21. The Bertz CT molecular complexity index is 844. The molecule has 2 atom stereocenters. The molecule has 2 aliphatic heterocycles. The van der Waals surface area contributed by atoms with Gasteiger partial charge in [-0.3, -0.25) is 9.69 Å². The van der Waals surface area contributed by atoms with Crippen molar-refractivity contribution in [2.24, 2.45) is 0 Å². The van der Waals surface area contributed by atoms with Gasteiger partial charge in [0.05, 0.1) is 11.7 Å². The van der Waals surface area contributed by atoms with E-state index in [2.05, 4.69) is 10.2 Å². The third-order valence-electron chi connectivity index (χ3n) is 6.34. The van der Waals surface area contributed by atoms with Gasteiger partial charge in [0.15, 0.2) is 0 Å². The van der Waals surface area contributed by atoms with Gasteiger partial charge in [-0.05, 0) is 48.9 Å². The Morgan fingerprint density at radius 1 is 1.07 bits per heavy atom. The minimum atomic E-state index is -0.785. The molecule has 0 radical (unpaired) electrons. The van der Waals surface area contributed by atoms with E-state index in [0.717, 1.165) is 35.5 Å². The molecule has 28 heavy (non-hydrogen) atoms. The van der Waals surface area contributed by atoms with Crippen LogP contribution in [0.5, 0.6) is 0 Å². The van der Waals surface area contributed by atoms with E-state index in [1.54, 1.807) is 0 Å². The van der Waals surface area contributed by atoms with Crippen molar-refractivity contribution in [1.29, 1.82) is 0 Å². The molecule has 5 nitrogen and oxygen atoms in total. The predicted molar refractivity (Wildman–Crippen MR) is 109 cm³/mol. The van der Waals surface area contributed by atoms with Crippen LogP contribution in [0, 0.1) is 0 Å². The molecule has 0 aliphatic carbocycles. The lowest BCUT2D eigenvalue weighted by Gasteiger charge is -2.42. The van der Waals surface area contributed by atoms with Crippen molar-refractivity contribution in [1.82, 2.24) is 4.90 Å². The van der Waals surface area contributed by atoms with Crippen molar-refractivity contribution in [3.63, 3.8) is 0 Å². The van der Waals surface area contributed by atoms with Gasteiger partial charge in [0, 0.05) is 31.2 Å². The fourth-order valence-corrected chi connectivity index (χ4v) is 4.40. The highest BCUT2D eigenvalue weighted by molar-refractivity contribution is 5.93. The van der Waals surface area contributed by atoms with E-state index < -0.39 is 11.7 Å². The number of hydrogen-bond acceptors (Lipinski definition) is 4. The zero-order valence-electron chi connectivity index (χ0n) is 16.3. The number of nitrogens with zero attached hydrogens (tertiary/aromatic N) is 1. The first-order chi connectivity index (χ1) is 13.5. The molecule has 0 aromatic heterocycles. The third kappa shape index (κ3) is 3.70. The normalized spacial score (nSPS) is 21.5. The average Bonchev–Trinajstić information content (AvgIpc) is 2.73. The summed E-state index contributed by atoms with van der Waals surface area (Å²) in [6.45, 7) is 3.52. The van der Waals surface area contributed by atoms with Gasteiger partial charge in [-0.15, -0.1) is 0 Å². The molecule has 4 rings (SSSR count). The first kappa shape index (κ1) is 19.1. The average molecular weight is 380 g/mol. The van der Waals surface area contributed by atoms with Gasteiger partial charge in [0.2, 0.25) is 5.91 Å². The molecule has 2 heterocycles. The van der Waals surface area contributed by atoms with E-state index in [9.17, 15) is 15.0 Å². The number of nitrogens with one attached hydrogen (secondary N) is 1. The second kappa shape index (κ2) is 7.66.